The van der Waals surface area contributed by atoms with Crippen molar-refractivity contribution >= 4 is 23.3 Å². The molecule has 2 aliphatic heterocycles. The topological polar surface area (TPSA) is 78.4 Å². The molecule has 1 aromatic heterocycles. The van der Waals surface area contributed by atoms with Gasteiger partial charge in [-0.2, -0.15) is 5.10 Å². The second-order valence-corrected chi connectivity index (χ2v) is 9.94. The predicted octanol–water partition coefficient (Wildman–Crippen LogP) is 3.69. The zero-order valence-corrected chi connectivity index (χ0v) is 19.3. The van der Waals surface area contributed by atoms with Crippen LogP contribution in [-0.4, -0.2) is 53.1 Å². The average molecular weight is 436 g/mol. The highest BCUT2D eigenvalue weighted by atomic mass is 16.2. The maximum Gasteiger partial charge on any atom is 0.229 e. The van der Waals surface area contributed by atoms with E-state index in [4.69, 9.17) is 0 Å². The van der Waals surface area contributed by atoms with E-state index in [9.17, 15) is 9.59 Å². The summed E-state index contributed by atoms with van der Waals surface area (Å²) < 4.78 is 0. The van der Waals surface area contributed by atoms with Crippen LogP contribution in [0.3, 0.4) is 0 Å². The Bertz CT molecular complexity index is 931. The van der Waals surface area contributed by atoms with E-state index in [0.29, 0.717) is 12.5 Å². The standard InChI is InChI=1S/C25H33N5O2/c1-25(2,3)24(32)29-14-10-19(11-15-29)18-6-8-21(9-7-18)27-23(31)20-12-16-30(17-20)22-5-4-13-26-28-22/h4-9,13,19-20H,10-12,14-17H2,1-3H3,(H,27,31)/t20-/m0/s1. The van der Waals surface area contributed by atoms with Crippen molar-refractivity contribution in [1.82, 2.24) is 15.1 Å². The minimum absolute atomic E-state index is 0.0538. The second kappa shape index (κ2) is 9.27. The Kier molecular flexibility index (Phi) is 6.44. The molecule has 0 radical (unpaired) electrons. The van der Waals surface area contributed by atoms with Gasteiger partial charge in [-0.15, -0.1) is 5.10 Å². The molecule has 4 rings (SSSR count). The fourth-order valence-electron chi connectivity index (χ4n) is 4.62. The monoisotopic (exact) mass is 435 g/mol. The Morgan fingerprint density at radius 1 is 1.00 bits per heavy atom. The van der Waals surface area contributed by atoms with Crippen LogP contribution in [0.15, 0.2) is 42.6 Å². The molecule has 7 heteroatoms. The van der Waals surface area contributed by atoms with Crippen LogP contribution in [0.5, 0.6) is 0 Å². The van der Waals surface area contributed by atoms with E-state index in [2.05, 4.69) is 32.5 Å². The summed E-state index contributed by atoms with van der Waals surface area (Å²) in [5, 5.41) is 11.1. The summed E-state index contributed by atoms with van der Waals surface area (Å²) in [7, 11) is 0. The van der Waals surface area contributed by atoms with Crippen molar-refractivity contribution in [2.75, 3.05) is 36.4 Å². The number of aromatic nitrogens is 2. The van der Waals surface area contributed by atoms with E-state index in [1.807, 2.05) is 49.9 Å². The zero-order chi connectivity index (χ0) is 22.7. The van der Waals surface area contributed by atoms with Crippen molar-refractivity contribution in [1.29, 1.82) is 0 Å². The first-order valence-corrected chi connectivity index (χ1v) is 11.5. The molecule has 3 heterocycles. The number of carbonyl (C=O) groups is 2. The molecule has 2 amide bonds. The number of hydrogen-bond donors (Lipinski definition) is 1. The first kappa shape index (κ1) is 22.2. The maximum absolute atomic E-state index is 12.7. The molecule has 0 saturated carbocycles. The summed E-state index contributed by atoms with van der Waals surface area (Å²) in [6, 6.07) is 12.0. The van der Waals surface area contributed by atoms with Gasteiger partial charge in [-0.25, -0.2) is 0 Å². The quantitative estimate of drug-likeness (QED) is 0.792. The second-order valence-electron chi connectivity index (χ2n) is 9.94. The predicted molar refractivity (Wildman–Crippen MR) is 125 cm³/mol. The van der Waals surface area contributed by atoms with E-state index in [0.717, 1.165) is 50.4 Å². The summed E-state index contributed by atoms with van der Waals surface area (Å²) in [6.07, 6.45) is 4.43. The largest absolute Gasteiger partial charge is 0.354 e. The van der Waals surface area contributed by atoms with Gasteiger partial charge in [0.2, 0.25) is 11.8 Å². The van der Waals surface area contributed by atoms with Crippen molar-refractivity contribution in [3.05, 3.63) is 48.2 Å². The molecule has 7 nitrogen and oxygen atoms in total. The molecule has 2 saturated heterocycles. The summed E-state index contributed by atoms with van der Waals surface area (Å²) in [5.74, 6) is 1.51. The fraction of sp³-hybridized carbons (Fsp3) is 0.520. The summed E-state index contributed by atoms with van der Waals surface area (Å²) in [5.41, 5.74) is 1.79. The number of benzene rings is 1. The first-order chi connectivity index (χ1) is 15.3. The van der Waals surface area contributed by atoms with Crippen LogP contribution in [0.1, 0.15) is 51.5 Å². The molecule has 2 fully saturated rings. The summed E-state index contributed by atoms with van der Waals surface area (Å²) in [6.45, 7) is 9.03. The van der Waals surface area contributed by atoms with E-state index in [-0.39, 0.29) is 23.1 Å². The van der Waals surface area contributed by atoms with Gasteiger partial charge in [0, 0.05) is 43.5 Å². The van der Waals surface area contributed by atoms with Gasteiger partial charge in [-0.05, 0) is 55.0 Å². The van der Waals surface area contributed by atoms with E-state index in [1.165, 1.54) is 5.56 Å². The lowest BCUT2D eigenvalue weighted by molar-refractivity contribution is -0.140. The number of piperidine rings is 1. The van der Waals surface area contributed by atoms with Crippen molar-refractivity contribution < 1.29 is 9.59 Å². The highest BCUT2D eigenvalue weighted by Gasteiger charge is 2.31. The van der Waals surface area contributed by atoms with Crippen LogP contribution in [0.25, 0.3) is 0 Å². The lowest BCUT2D eigenvalue weighted by Gasteiger charge is -2.36. The van der Waals surface area contributed by atoms with E-state index < -0.39 is 0 Å². The molecule has 0 unspecified atom stereocenters. The zero-order valence-electron chi connectivity index (χ0n) is 19.3. The van der Waals surface area contributed by atoms with E-state index >= 15 is 0 Å². The van der Waals surface area contributed by atoms with Crippen LogP contribution in [0.4, 0.5) is 11.5 Å². The van der Waals surface area contributed by atoms with Gasteiger partial charge in [0.25, 0.3) is 0 Å². The molecule has 0 spiro atoms. The number of carbonyl (C=O) groups excluding carboxylic acids is 2. The highest BCUT2D eigenvalue weighted by Crippen LogP contribution is 2.31. The van der Waals surface area contributed by atoms with Gasteiger partial charge in [0.1, 0.15) is 0 Å². The number of rotatable bonds is 4. The van der Waals surface area contributed by atoms with Gasteiger partial charge in [0.05, 0.1) is 5.92 Å². The van der Waals surface area contributed by atoms with Crippen molar-refractivity contribution in [2.24, 2.45) is 11.3 Å². The molecule has 2 aromatic rings. The molecule has 170 valence electrons. The molecule has 0 bridgehead atoms. The van der Waals surface area contributed by atoms with Crippen molar-refractivity contribution in [3.63, 3.8) is 0 Å². The molecular weight excluding hydrogens is 402 g/mol. The minimum Gasteiger partial charge on any atom is -0.354 e. The van der Waals surface area contributed by atoms with Gasteiger partial charge >= 0.3 is 0 Å². The Morgan fingerprint density at radius 2 is 1.72 bits per heavy atom. The number of nitrogens with one attached hydrogen (secondary N) is 1. The van der Waals surface area contributed by atoms with Gasteiger partial charge < -0.3 is 15.1 Å². The van der Waals surface area contributed by atoms with Gasteiger partial charge in [-0.1, -0.05) is 32.9 Å². The molecule has 32 heavy (non-hydrogen) atoms. The average Bonchev–Trinajstić information content (AvgIpc) is 3.30. The lowest BCUT2D eigenvalue weighted by atomic mass is 9.87. The third-order valence-electron chi connectivity index (χ3n) is 6.51. The van der Waals surface area contributed by atoms with Gasteiger partial charge in [-0.3, -0.25) is 9.59 Å². The number of likely N-dealkylation sites (tertiary alicyclic amines) is 1. The number of anilines is 2. The number of hydrogen-bond acceptors (Lipinski definition) is 5. The number of amides is 2. The van der Waals surface area contributed by atoms with Crippen LogP contribution < -0.4 is 10.2 Å². The smallest absolute Gasteiger partial charge is 0.229 e. The van der Waals surface area contributed by atoms with Crippen molar-refractivity contribution in [3.8, 4) is 0 Å². The SMILES string of the molecule is CC(C)(C)C(=O)N1CCC(c2ccc(NC(=O)[C@H]3CCN(c4cccnn4)C3)cc2)CC1. The Morgan fingerprint density at radius 3 is 2.34 bits per heavy atom. The molecule has 1 N–H and O–H groups in total. The molecule has 1 atom stereocenters. The Balaban J connectivity index is 1.28. The maximum atomic E-state index is 12.7. The van der Waals surface area contributed by atoms with Gasteiger partial charge in [0.15, 0.2) is 5.82 Å². The minimum atomic E-state index is -0.322. The van der Waals surface area contributed by atoms with Crippen LogP contribution in [0.2, 0.25) is 0 Å². The van der Waals surface area contributed by atoms with Crippen LogP contribution in [-0.2, 0) is 9.59 Å². The molecular formula is C25H33N5O2. The third-order valence-corrected chi connectivity index (χ3v) is 6.51. The first-order valence-electron chi connectivity index (χ1n) is 11.5. The summed E-state index contributed by atoms with van der Waals surface area (Å²) in [4.78, 5) is 29.3. The lowest BCUT2D eigenvalue weighted by Crippen LogP contribution is -2.43. The Hall–Kier alpha value is -2.96. The third kappa shape index (κ3) is 5.09. The Labute approximate surface area is 190 Å². The summed E-state index contributed by atoms with van der Waals surface area (Å²) >= 11 is 0. The van der Waals surface area contributed by atoms with Crippen LogP contribution >= 0.6 is 0 Å². The van der Waals surface area contributed by atoms with Crippen molar-refractivity contribution in [2.45, 2.75) is 46.0 Å². The molecule has 1 aromatic carbocycles. The van der Waals surface area contributed by atoms with Crippen LogP contribution in [0, 0.1) is 11.3 Å². The fourth-order valence-corrected chi connectivity index (χ4v) is 4.62. The highest BCUT2D eigenvalue weighted by molar-refractivity contribution is 5.93. The normalized spacial score (nSPS) is 19.8. The molecule has 0 aliphatic carbocycles. The van der Waals surface area contributed by atoms with E-state index in [1.54, 1.807) is 6.20 Å². The number of nitrogens with zero attached hydrogens (tertiary/aromatic N) is 4. The molecule has 2 aliphatic rings.